The summed E-state index contributed by atoms with van der Waals surface area (Å²) in [5.74, 6) is 0.524. The van der Waals surface area contributed by atoms with Crippen molar-refractivity contribution in [3.8, 4) is 0 Å². The second kappa shape index (κ2) is 4.67. The lowest BCUT2D eigenvalue weighted by atomic mass is 10.2. The van der Waals surface area contributed by atoms with E-state index in [1.807, 2.05) is 24.3 Å². The normalized spacial score (nSPS) is 11.6. The fraction of sp³-hybridized carbons (Fsp3) is 0.273. The minimum Gasteiger partial charge on any atom is -0.353 e. The van der Waals surface area contributed by atoms with Crippen LogP contribution < -0.4 is 5.32 Å². The van der Waals surface area contributed by atoms with E-state index in [0.29, 0.717) is 12.5 Å². The lowest BCUT2D eigenvalue weighted by molar-refractivity contribution is 0.602. The van der Waals surface area contributed by atoms with Crippen LogP contribution in [0.15, 0.2) is 30.5 Å². The Balaban J connectivity index is 2.09. The van der Waals surface area contributed by atoms with E-state index in [2.05, 4.69) is 15.3 Å². The number of benzene rings is 1. The van der Waals surface area contributed by atoms with Crippen LogP contribution in [-0.4, -0.2) is 36.9 Å². The molecule has 0 aliphatic rings. The van der Waals surface area contributed by atoms with Gasteiger partial charge in [0.15, 0.2) is 0 Å². The zero-order valence-electron chi connectivity index (χ0n) is 9.42. The Morgan fingerprint density at radius 1 is 1.29 bits per heavy atom. The molecule has 2 aromatic rings. The van der Waals surface area contributed by atoms with Crippen molar-refractivity contribution in [1.29, 1.82) is 0 Å². The average molecular weight is 251 g/mol. The molecule has 0 unspecified atom stereocenters. The van der Waals surface area contributed by atoms with Gasteiger partial charge in [-0.05, 0) is 6.07 Å². The van der Waals surface area contributed by atoms with Gasteiger partial charge in [0.1, 0.15) is 9.84 Å². The predicted octanol–water partition coefficient (Wildman–Crippen LogP) is 1.09. The lowest BCUT2D eigenvalue weighted by Gasteiger charge is -2.04. The van der Waals surface area contributed by atoms with Gasteiger partial charge in [-0.25, -0.2) is 18.4 Å². The highest BCUT2D eigenvalue weighted by Gasteiger charge is 2.03. The molecule has 0 aliphatic heterocycles. The van der Waals surface area contributed by atoms with Crippen LogP contribution in [0.25, 0.3) is 10.9 Å². The maximum atomic E-state index is 11.0. The molecule has 0 atom stereocenters. The first-order valence-electron chi connectivity index (χ1n) is 5.18. The van der Waals surface area contributed by atoms with Crippen molar-refractivity contribution in [1.82, 2.24) is 9.97 Å². The van der Waals surface area contributed by atoms with Crippen LogP contribution in [0.4, 0.5) is 5.95 Å². The smallest absolute Gasteiger partial charge is 0.223 e. The van der Waals surface area contributed by atoms with Gasteiger partial charge in [0.2, 0.25) is 5.95 Å². The first-order chi connectivity index (χ1) is 8.04. The Morgan fingerprint density at radius 3 is 2.82 bits per heavy atom. The number of nitrogens with zero attached hydrogens (tertiary/aromatic N) is 2. The highest BCUT2D eigenvalue weighted by molar-refractivity contribution is 7.90. The molecule has 17 heavy (non-hydrogen) atoms. The number of hydrogen-bond donors (Lipinski definition) is 1. The molecule has 1 aromatic carbocycles. The number of para-hydroxylation sites is 1. The Bertz CT molecular complexity index is 625. The summed E-state index contributed by atoms with van der Waals surface area (Å²) >= 11 is 0. The maximum Gasteiger partial charge on any atom is 0.223 e. The predicted molar refractivity (Wildman–Crippen MR) is 67.7 cm³/mol. The topological polar surface area (TPSA) is 72.0 Å². The van der Waals surface area contributed by atoms with E-state index in [1.54, 1.807) is 6.20 Å². The molecule has 0 spiro atoms. The highest BCUT2D eigenvalue weighted by Crippen LogP contribution is 2.11. The maximum absolute atomic E-state index is 11.0. The van der Waals surface area contributed by atoms with Crippen LogP contribution in [0.3, 0.4) is 0 Å². The van der Waals surface area contributed by atoms with Gasteiger partial charge in [0.05, 0.1) is 11.3 Å². The zero-order chi connectivity index (χ0) is 12.3. The molecule has 1 N–H and O–H groups in total. The Morgan fingerprint density at radius 2 is 2.06 bits per heavy atom. The van der Waals surface area contributed by atoms with Crippen molar-refractivity contribution in [2.24, 2.45) is 0 Å². The summed E-state index contributed by atoms with van der Waals surface area (Å²) < 4.78 is 21.9. The van der Waals surface area contributed by atoms with Gasteiger partial charge in [-0.1, -0.05) is 18.2 Å². The summed E-state index contributed by atoms with van der Waals surface area (Å²) in [6.45, 7) is 0.317. The Hall–Kier alpha value is -1.69. The SMILES string of the molecule is CS(=O)(=O)CCNc1ncc2ccccc2n1. The lowest BCUT2D eigenvalue weighted by Crippen LogP contribution is -2.15. The van der Waals surface area contributed by atoms with Crippen molar-refractivity contribution in [3.05, 3.63) is 30.5 Å². The number of aromatic nitrogens is 2. The molecule has 5 nitrogen and oxygen atoms in total. The number of hydrogen-bond acceptors (Lipinski definition) is 5. The molecule has 0 radical (unpaired) electrons. The van der Waals surface area contributed by atoms with E-state index in [4.69, 9.17) is 0 Å². The quantitative estimate of drug-likeness (QED) is 0.880. The number of nitrogens with one attached hydrogen (secondary N) is 1. The van der Waals surface area contributed by atoms with E-state index < -0.39 is 9.84 Å². The molecular formula is C11H13N3O2S. The third-order valence-corrected chi connectivity index (χ3v) is 3.19. The van der Waals surface area contributed by atoms with Crippen LogP contribution in [0.5, 0.6) is 0 Å². The average Bonchev–Trinajstić information content (AvgIpc) is 2.27. The van der Waals surface area contributed by atoms with Crippen LogP contribution >= 0.6 is 0 Å². The standard InChI is InChI=1S/C11H13N3O2S/c1-17(15,16)7-6-12-11-13-8-9-4-2-3-5-10(9)14-11/h2-5,8H,6-7H2,1H3,(H,12,13,14). The van der Waals surface area contributed by atoms with Crippen molar-refractivity contribution >= 4 is 26.7 Å². The molecular weight excluding hydrogens is 238 g/mol. The van der Waals surface area contributed by atoms with E-state index in [1.165, 1.54) is 6.26 Å². The molecule has 90 valence electrons. The number of fused-ring (bicyclic) bond motifs is 1. The van der Waals surface area contributed by atoms with Gasteiger partial charge in [0, 0.05) is 24.4 Å². The number of anilines is 1. The zero-order valence-corrected chi connectivity index (χ0v) is 10.2. The molecule has 0 fully saturated rings. The van der Waals surface area contributed by atoms with E-state index in [9.17, 15) is 8.42 Å². The largest absolute Gasteiger partial charge is 0.353 e. The third-order valence-electron chi connectivity index (χ3n) is 2.24. The van der Waals surface area contributed by atoms with E-state index in [0.717, 1.165) is 10.9 Å². The van der Waals surface area contributed by atoms with Crippen LogP contribution in [0, 0.1) is 0 Å². The van der Waals surface area contributed by atoms with Crippen LogP contribution in [-0.2, 0) is 9.84 Å². The van der Waals surface area contributed by atoms with Crippen molar-refractivity contribution in [2.75, 3.05) is 23.9 Å². The summed E-state index contributed by atoms with van der Waals surface area (Å²) in [5, 5.41) is 3.85. The summed E-state index contributed by atoms with van der Waals surface area (Å²) in [5.41, 5.74) is 0.837. The molecule has 6 heteroatoms. The molecule has 0 saturated heterocycles. The Kier molecular flexibility index (Phi) is 3.23. The Labute approximate surface area is 99.8 Å². The van der Waals surface area contributed by atoms with Gasteiger partial charge in [-0.2, -0.15) is 0 Å². The molecule has 2 rings (SSSR count). The third kappa shape index (κ3) is 3.39. The van der Waals surface area contributed by atoms with Gasteiger partial charge < -0.3 is 5.32 Å². The summed E-state index contributed by atoms with van der Waals surface area (Å²) in [4.78, 5) is 8.39. The van der Waals surface area contributed by atoms with Gasteiger partial charge >= 0.3 is 0 Å². The summed E-state index contributed by atoms with van der Waals surface area (Å²) in [7, 11) is -2.95. The fourth-order valence-corrected chi connectivity index (χ4v) is 1.88. The van der Waals surface area contributed by atoms with Gasteiger partial charge in [-0.3, -0.25) is 0 Å². The van der Waals surface area contributed by atoms with Crippen molar-refractivity contribution in [2.45, 2.75) is 0 Å². The summed E-state index contributed by atoms with van der Waals surface area (Å²) in [6.07, 6.45) is 2.92. The van der Waals surface area contributed by atoms with Gasteiger partial charge in [-0.15, -0.1) is 0 Å². The minimum absolute atomic E-state index is 0.0726. The minimum atomic E-state index is -2.95. The van der Waals surface area contributed by atoms with E-state index >= 15 is 0 Å². The van der Waals surface area contributed by atoms with Crippen LogP contribution in [0.2, 0.25) is 0 Å². The number of rotatable bonds is 4. The molecule has 1 aromatic heterocycles. The monoisotopic (exact) mass is 251 g/mol. The van der Waals surface area contributed by atoms with Crippen molar-refractivity contribution < 1.29 is 8.42 Å². The second-order valence-corrected chi connectivity index (χ2v) is 6.07. The van der Waals surface area contributed by atoms with Crippen molar-refractivity contribution in [3.63, 3.8) is 0 Å². The number of sulfone groups is 1. The van der Waals surface area contributed by atoms with E-state index in [-0.39, 0.29) is 5.75 Å². The van der Waals surface area contributed by atoms with Gasteiger partial charge in [0.25, 0.3) is 0 Å². The first-order valence-corrected chi connectivity index (χ1v) is 7.24. The molecule has 0 amide bonds. The molecule has 0 aliphatic carbocycles. The molecule has 1 heterocycles. The highest BCUT2D eigenvalue weighted by atomic mass is 32.2. The second-order valence-electron chi connectivity index (χ2n) is 3.81. The summed E-state index contributed by atoms with van der Waals surface area (Å²) in [6, 6.07) is 7.63. The molecule has 0 bridgehead atoms. The van der Waals surface area contributed by atoms with Crippen LogP contribution in [0.1, 0.15) is 0 Å². The fourth-order valence-electron chi connectivity index (χ4n) is 1.41. The first kappa shape index (κ1) is 11.8. The molecule has 0 saturated carbocycles.